The summed E-state index contributed by atoms with van der Waals surface area (Å²) in [6.45, 7) is 7.61. The van der Waals surface area contributed by atoms with E-state index < -0.39 is 41.8 Å². The second-order valence-corrected chi connectivity index (χ2v) is 17.1. The highest BCUT2D eigenvalue weighted by atomic mass is 35.5. The molecule has 2 amide bonds. The number of ether oxygens (including phenoxy) is 3. The van der Waals surface area contributed by atoms with Gasteiger partial charge in [-0.05, 0) is 91.8 Å². The van der Waals surface area contributed by atoms with Crippen LogP contribution in [0.4, 0.5) is 10.1 Å². The van der Waals surface area contributed by atoms with Crippen LogP contribution in [-0.4, -0.2) is 84.2 Å². The van der Waals surface area contributed by atoms with Crippen LogP contribution in [0.3, 0.4) is 0 Å². The first-order valence-corrected chi connectivity index (χ1v) is 23.0. The molecule has 0 aliphatic carbocycles. The van der Waals surface area contributed by atoms with E-state index in [0.29, 0.717) is 50.1 Å². The van der Waals surface area contributed by atoms with Crippen LogP contribution in [0.1, 0.15) is 80.4 Å². The molecule has 0 radical (unpaired) electrons. The largest absolute Gasteiger partial charge is 0.466 e. The van der Waals surface area contributed by atoms with Gasteiger partial charge in [-0.1, -0.05) is 92.2 Å². The Morgan fingerprint density at radius 1 is 0.853 bits per heavy atom. The van der Waals surface area contributed by atoms with Gasteiger partial charge < -0.3 is 44.9 Å². The zero-order valence-electron chi connectivity index (χ0n) is 38.8. The van der Waals surface area contributed by atoms with Crippen molar-refractivity contribution in [3.63, 3.8) is 0 Å². The van der Waals surface area contributed by atoms with Crippen LogP contribution in [0.5, 0.6) is 0 Å². The number of amides is 2. The maximum Gasteiger partial charge on any atom is 0.336 e. The standard InChI is InChI=1S/C53H58ClFN4O9/c1-6-68-53(65)47-42(57-33(4)44(52(64)66-5)46(47)40-19-13-14-20-41(40)54)31-67-28-26-56-43(62)30-39(61)29-38(60)25-27-59-49(32(2)3)48(51(63)58-37-17-11-8-12-18-37)45(34-15-9-7-10-16-34)50(59)35-21-23-36(55)24-22-35/h7-24,32,38-39,46,57,60-61H,6,25-31H2,1-5H3,(H,56,62)(H,58,63)/t38-,39-,46?/m1/s1. The number of aliphatic hydroxyl groups is 2. The molecule has 68 heavy (non-hydrogen) atoms. The number of hydrogen-bond acceptors (Lipinski definition) is 10. The van der Waals surface area contributed by atoms with Crippen LogP contribution in [-0.2, 0) is 35.1 Å². The third kappa shape index (κ3) is 12.3. The van der Waals surface area contributed by atoms with Gasteiger partial charge >= 0.3 is 11.9 Å². The number of esters is 2. The number of anilines is 1. The maximum absolute atomic E-state index is 14.4. The predicted molar refractivity (Wildman–Crippen MR) is 259 cm³/mol. The number of nitrogens with zero attached hydrogens (tertiary/aromatic N) is 1. The molecule has 1 aliphatic rings. The molecule has 0 fully saturated rings. The minimum Gasteiger partial charge on any atom is -0.466 e. The summed E-state index contributed by atoms with van der Waals surface area (Å²) in [6.07, 6.45) is -2.46. The third-order valence-corrected chi connectivity index (χ3v) is 11.9. The number of nitrogens with one attached hydrogen (secondary N) is 3. The van der Waals surface area contributed by atoms with Gasteiger partial charge in [0, 0.05) is 40.8 Å². The van der Waals surface area contributed by atoms with Crippen molar-refractivity contribution in [3.8, 4) is 22.4 Å². The Morgan fingerprint density at radius 3 is 2.16 bits per heavy atom. The molecule has 1 unspecified atom stereocenters. The summed E-state index contributed by atoms with van der Waals surface area (Å²) in [7, 11) is 1.25. The van der Waals surface area contributed by atoms with E-state index >= 15 is 0 Å². The fraction of sp³-hybridized carbons (Fsp3) is 0.321. The van der Waals surface area contributed by atoms with Gasteiger partial charge in [-0.2, -0.15) is 0 Å². The topological polar surface area (TPSA) is 177 Å². The summed E-state index contributed by atoms with van der Waals surface area (Å²) in [5.74, 6) is -3.60. The van der Waals surface area contributed by atoms with Crippen LogP contribution in [0.15, 0.2) is 132 Å². The number of para-hydroxylation sites is 1. The monoisotopic (exact) mass is 948 g/mol. The molecule has 6 rings (SSSR count). The molecule has 0 bridgehead atoms. The maximum atomic E-state index is 14.4. The van der Waals surface area contributed by atoms with E-state index in [0.717, 1.165) is 11.3 Å². The van der Waals surface area contributed by atoms with Crippen molar-refractivity contribution in [2.75, 3.05) is 38.8 Å². The Morgan fingerprint density at radius 2 is 1.51 bits per heavy atom. The van der Waals surface area contributed by atoms with Gasteiger partial charge in [-0.3, -0.25) is 9.59 Å². The summed E-state index contributed by atoms with van der Waals surface area (Å²) in [5, 5.41) is 31.6. The smallest absolute Gasteiger partial charge is 0.336 e. The Bertz CT molecular complexity index is 2630. The van der Waals surface area contributed by atoms with Crippen molar-refractivity contribution < 1.29 is 48.0 Å². The molecule has 1 aromatic heterocycles. The Kier molecular flexibility index (Phi) is 17.9. The number of benzene rings is 4. The lowest BCUT2D eigenvalue weighted by molar-refractivity contribution is -0.139. The van der Waals surface area contributed by atoms with E-state index in [-0.39, 0.29) is 75.1 Å². The predicted octanol–water partition coefficient (Wildman–Crippen LogP) is 8.67. The van der Waals surface area contributed by atoms with Crippen LogP contribution in [0.2, 0.25) is 5.02 Å². The molecule has 13 nitrogen and oxygen atoms in total. The summed E-state index contributed by atoms with van der Waals surface area (Å²) in [6, 6.07) is 31.6. The molecule has 15 heteroatoms. The molecule has 5 aromatic rings. The van der Waals surface area contributed by atoms with Crippen molar-refractivity contribution in [1.82, 2.24) is 15.2 Å². The zero-order chi connectivity index (χ0) is 48.9. The SMILES string of the molecule is CCOC(=O)C1=C(COCCNC(=O)C[C@H](O)C[C@H](O)CCn2c(-c3ccc(F)cc3)c(-c3ccccc3)c(C(=O)Nc3ccccc3)c2C(C)C)NC(C)=C(C(=O)OC)C1c1ccccc1Cl. The average Bonchev–Trinajstić information content (AvgIpc) is 3.67. The number of rotatable bonds is 21. The van der Waals surface area contributed by atoms with Crippen LogP contribution in [0, 0.1) is 5.82 Å². The molecule has 1 aliphatic heterocycles. The van der Waals surface area contributed by atoms with Gasteiger partial charge in [-0.15, -0.1) is 0 Å². The number of carbonyl (C=O) groups is 4. The van der Waals surface area contributed by atoms with Crippen molar-refractivity contribution in [2.24, 2.45) is 0 Å². The lowest BCUT2D eigenvalue weighted by Gasteiger charge is -2.31. The fourth-order valence-corrected chi connectivity index (χ4v) is 8.83. The average molecular weight is 950 g/mol. The number of dihydropyridines is 1. The highest BCUT2D eigenvalue weighted by molar-refractivity contribution is 6.31. The summed E-state index contributed by atoms with van der Waals surface area (Å²) in [5.41, 5.74) is 6.21. The molecule has 0 saturated carbocycles. The van der Waals surface area contributed by atoms with Gasteiger partial charge in [0.25, 0.3) is 5.91 Å². The highest BCUT2D eigenvalue weighted by Crippen LogP contribution is 2.44. The number of carbonyl (C=O) groups excluding carboxylic acids is 4. The molecule has 5 N–H and O–H groups in total. The number of methoxy groups -OCH3 is 1. The van der Waals surface area contributed by atoms with Crippen LogP contribution < -0.4 is 16.0 Å². The quantitative estimate of drug-likeness (QED) is 0.0353. The normalized spacial score (nSPS) is 14.6. The number of aliphatic hydroxyl groups excluding tert-OH is 2. The molecule has 0 spiro atoms. The van der Waals surface area contributed by atoms with Gasteiger partial charge in [0.2, 0.25) is 5.91 Å². The first-order chi connectivity index (χ1) is 32.7. The summed E-state index contributed by atoms with van der Waals surface area (Å²) >= 11 is 6.60. The van der Waals surface area contributed by atoms with Crippen molar-refractivity contribution in [3.05, 3.63) is 159 Å². The molecular weight excluding hydrogens is 891 g/mol. The van der Waals surface area contributed by atoms with E-state index in [4.69, 9.17) is 25.8 Å². The van der Waals surface area contributed by atoms with E-state index in [1.54, 1.807) is 50.2 Å². The molecule has 2 heterocycles. The minimum atomic E-state index is -1.19. The van der Waals surface area contributed by atoms with Gasteiger partial charge in [0.15, 0.2) is 0 Å². The lowest BCUT2D eigenvalue weighted by atomic mass is 9.80. The Hall–Kier alpha value is -6.58. The number of allylic oxidation sites excluding steroid dienone is 1. The van der Waals surface area contributed by atoms with E-state index in [1.807, 2.05) is 79.1 Å². The van der Waals surface area contributed by atoms with Crippen molar-refractivity contribution in [2.45, 2.75) is 77.5 Å². The number of halogens is 2. The van der Waals surface area contributed by atoms with E-state index in [9.17, 15) is 33.8 Å². The number of aromatic nitrogens is 1. The lowest BCUT2D eigenvalue weighted by Crippen LogP contribution is -2.35. The molecule has 358 valence electrons. The highest BCUT2D eigenvalue weighted by Gasteiger charge is 2.40. The first-order valence-electron chi connectivity index (χ1n) is 22.6. The zero-order valence-corrected chi connectivity index (χ0v) is 39.6. The van der Waals surface area contributed by atoms with Gasteiger partial charge in [0.05, 0.1) is 79.6 Å². The third-order valence-electron chi connectivity index (χ3n) is 11.5. The molecule has 4 aromatic carbocycles. The van der Waals surface area contributed by atoms with Crippen molar-refractivity contribution in [1.29, 1.82) is 0 Å². The second kappa shape index (κ2) is 23.9. The minimum absolute atomic E-state index is 0.0247. The second-order valence-electron chi connectivity index (χ2n) is 16.6. The van der Waals surface area contributed by atoms with E-state index in [2.05, 4.69) is 16.0 Å². The fourth-order valence-electron chi connectivity index (χ4n) is 8.59. The first kappa shape index (κ1) is 50.8. The molecular formula is C53H58ClFN4O9. The van der Waals surface area contributed by atoms with Crippen LogP contribution >= 0.6 is 11.6 Å². The molecule has 0 saturated heterocycles. The van der Waals surface area contributed by atoms with Gasteiger partial charge in [0.1, 0.15) is 5.82 Å². The van der Waals surface area contributed by atoms with Crippen molar-refractivity contribution >= 4 is 41.0 Å². The molecule has 3 atom stereocenters. The van der Waals surface area contributed by atoms with Gasteiger partial charge in [-0.25, -0.2) is 14.0 Å². The Labute approximate surface area is 401 Å². The summed E-state index contributed by atoms with van der Waals surface area (Å²) in [4.78, 5) is 53.9. The van der Waals surface area contributed by atoms with E-state index in [1.165, 1.54) is 19.2 Å². The van der Waals surface area contributed by atoms with Crippen LogP contribution in [0.25, 0.3) is 22.4 Å². The number of hydrogen-bond donors (Lipinski definition) is 5. The Balaban J connectivity index is 1.12. The summed E-state index contributed by atoms with van der Waals surface area (Å²) < 4.78 is 32.7.